The van der Waals surface area contributed by atoms with Crippen molar-refractivity contribution >= 4 is 19.8 Å². The summed E-state index contributed by atoms with van der Waals surface area (Å²) in [6.45, 7) is 3.93. The molecule has 0 aliphatic heterocycles. The predicted molar refractivity (Wildman–Crippen MR) is 359 cm³/mol. The van der Waals surface area contributed by atoms with Crippen LogP contribution in [0.25, 0.3) is 0 Å². The summed E-state index contributed by atoms with van der Waals surface area (Å²) >= 11 is 0. The molecule has 0 N–H and O–H groups in total. The van der Waals surface area contributed by atoms with Crippen LogP contribution in [-0.4, -0.2) is 70.0 Å². The van der Waals surface area contributed by atoms with Crippen molar-refractivity contribution in [2.75, 3.05) is 47.5 Å². The van der Waals surface area contributed by atoms with Crippen LogP contribution >= 0.6 is 7.82 Å². The first-order chi connectivity index (χ1) is 41.0. The maximum Gasteiger partial charge on any atom is 0.306 e. The average Bonchev–Trinajstić information content (AvgIpc) is 3.61. The van der Waals surface area contributed by atoms with Crippen molar-refractivity contribution < 1.29 is 42.1 Å². The van der Waals surface area contributed by atoms with E-state index in [-0.39, 0.29) is 26.1 Å². The van der Waals surface area contributed by atoms with Crippen LogP contribution in [0.5, 0.6) is 0 Å². The van der Waals surface area contributed by atoms with E-state index < -0.39 is 32.5 Å². The normalized spacial score (nSPS) is 14.5. The van der Waals surface area contributed by atoms with Crippen LogP contribution in [0.3, 0.4) is 0 Å². The van der Waals surface area contributed by atoms with Crippen LogP contribution in [0.15, 0.2) is 194 Å². The summed E-state index contributed by atoms with van der Waals surface area (Å²) in [5.74, 6) is -0.898. The highest BCUT2D eigenvalue weighted by Crippen LogP contribution is 2.38. The van der Waals surface area contributed by atoms with Crippen molar-refractivity contribution in [1.29, 1.82) is 0 Å². The zero-order valence-electron chi connectivity index (χ0n) is 53.3. The predicted octanol–water partition coefficient (Wildman–Crippen LogP) is 20.3. The molecule has 10 heteroatoms. The smallest absolute Gasteiger partial charge is 0.306 e. The van der Waals surface area contributed by atoms with Crippen LogP contribution in [0.4, 0.5) is 0 Å². The van der Waals surface area contributed by atoms with Gasteiger partial charge in [-0.25, -0.2) is 0 Å². The van der Waals surface area contributed by atoms with E-state index in [1.807, 2.05) is 21.1 Å². The van der Waals surface area contributed by atoms with Gasteiger partial charge in [0.1, 0.15) is 19.8 Å². The summed E-state index contributed by atoms with van der Waals surface area (Å²) in [5, 5.41) is 0. The van der Waals surface area contributed by atoms with Crippen molar-refractivity contribution in [1.82, 2.24) is 0 Å². The Balaban J connectivity index is 4.28. The number of rotatable bonds is 56. The first-order valence-corrected chi connectivity index (χ1v) is 33.6. The number of allylic oxidation sites excluding steroid dienone is 32. The third-order valence-electron chi connectivity index (χ3n) is 12.6. The van der Waals surface area contributed by atoms with Gasteiger partial charge in [0.05, 0.1) is 27.7 Å². The Kier molecular flexibility index (Phi) is 58.6. The fourth-order valence-corrected chi connectivity index (χ4v) is 8.47. The molecule has 0 aromatic rings. The Morgan fingerprint density at radius 2 is 0.643 bits per heavy atom. The molecule has 0 radical (unpaired) electrons. The molecule has 0 aliphatic carbocycles. The third kappa shape index (κ3) is 66.0. The molecular weight excluding hydrogens is 1060 g/mol. The van der Waals surface area contributed by atoms with E-state index >= 15 is 0 Å². The maximum atomic E-state index is 12.8. The number of phosphoric ester groups is 1. The van der Waals surface area contributed by atoms with E-state index in [0.29, 0.717) is 23.9 Å². The number of carbonyl (C=O) groups is 2. The highest BCUT2D eigenvalue weighted by atomic mass is 31.2. The number of unbranched alkanes of at least 4 members (excludes halogenated alkanes) is 10. The second-order valence-electron chi connectivity index (χ2n) is 21.7. The molecule has 470 valence electrons. The number of ether oxygens (including phenoxy) is 2. The molecule has 0 aliphatic rings. The fourth-order valence-electron chi connectivity index (χ4n) is 7.74. The van der Waals surface area contributed by atoms with Crippen molar-refractivity contribution in [3.8, 4) is 0 Å². The van der Waals surface area contributed by atoms with Gasteiger partial charge in [0.25, 0.3) is 7.82 Å². The summed E-state index contributed by atoms with van der Waals surface area (Å²) < 4.78 is 34.2. The molecule has 0 heterocycles. The topological polar surface area (TPSA) is 111 Å². The van der Waals surface area contributed by atoms with Crippen LogP contribution in [0.2, 0.25) is 0 Å². The molecule has 0 amide bonds. The highest BCUT2D eigenvalue weighted by Gasteiger charge is 2.22. The third-order valence-corrected chi connectivity index (χ3v) is 13.6. The molecule has 0 bridgehead atoms. The van der Waals surface area contributed by atoms with E-state index in [1.165, 1.54) is 0 Å². The summed E-state index contributed by atoms with van der Waals surface area (Å²) in [4.78, 5) is 38.0. The van der Waals surface area contributed by atoms with Crippen LogP contribution in [-0.2, 0) is 32.7 Å². The number of nitrogens with zero attached hydrogens (tertiary/aromatic N) is 1. The van der Waals surface area contributed by atoms with Crippen LogP contribution in [0, 0.1) is 0 Å². The van der Waals surface area contributed by atoms with Gasteiger partial charge < -0.3 is 27.9 Å². The summed E-state index contributed by atoms with van der Waals surface area (Å²) in [6.07, 6.45) is 97.7. The largest absolute Gasteiger partial charge is 0.756 e. The molecule has 0 saturated heterocycles. The SMILES string of the molecule is CC/C=C\C/C=C\C/C=C\C/C=C\C/C=C\C/C=C\C/C=C\C/C=C\C/C=C\C/C=C\CCCCCCC(=O)OC(COC(=O)CCCCCCCC/C=C\C/C=C\C/C=C\C/C=C\C/C=C\C/C=C\CC)COP(=O)([O-])OCC[N+](C)(C)C. The zero-order valence-corrected chi connectivity index (χ0v) is 54.1. The molecule has 0 fully saturated rings. The quantitative estimate of drug-likeness (QED) is 0.0195. The lowest BCUT2D eigenvalue weighted by molar-refractivity contribution is -0.870. The minimum absolute atomic E-state index is 0.0510. The minimum Gasteiger partial charge on any atom is -0.756 e. The number of esters is 2. The number of phosphoric acid groups is 1. The zero-order chi connectivity index (χ0) is 61.2. The van der Waals surface area contributed by atoms with Gasteiger partial charge in [0, 0.05) is 12.8 Å². The van der Waals surface area contributed by atoms with Gasteiger partial charge in [-0.3, -0.25) is 14.2 Å². The molecule has 0 aromatic carbocycles. The molecule has 84 heavy (non-hydrogen) atoms. The van der Waals surface area contributed by atoms with Crippen molar-refractivity contribution in [2.24, 2.45) is 0 Å². The fraction of sp³-hybridized carbons (Fsp3) is 0.541. The molecule has 0 rings (SSSR count). The van der Waals surface area contributed by atoms with E-state index in [0.717, 1.165) is 167 Å². The van der Waals surface area contributed by atoms with Gasteiger partial charge in [-0.15, -0.1) is 0 Å². The van der Waals surface area contributed by atoms with Crippen molar-refractivity contribution in [3.63, 3.8) is 0 Å². The molecule has 2 unspecified atom stereocenters. The van der Waals surface area contributed by atoms with Crippen LogP contribution in [0.1, 0.15) is 206 Å². The first-order valence-electron chi connectivity index (χ1n) is 32.1. The molecule has 0 aromatic heterocycles. The standard InChI is InChI=1S/C74H116NO8P/c1-6-8-10-12-14-16-18-20-22-24-26-28-30-32-33-34-35-36-37-38-39-40-41-43-45-47-49-51-53-55-57-59-61-63-65-67-74(77)83-72(71-82-84(78,79)81-69-68-75(3,4)5)70-80-73(76)66-64-62-60-58-56-54-52-50-48-46-44-42-31-29-27-25-23-21-19-17-15-13-11-9-7-2/h8-11,14-17,20-23,26-29,32-33,35-36,38-39,41-44,47-50,53,55,72H,6-7,12-13,18-19,24-25,30-31,34,37,40,45-46,51-52,54,56-71H2,1-5H3/b10-8-,11-9-,16-14-,17-15-,22-20-,23-21-,28-26-,29-27-,33-32-,36-35-,39-38-,43-41-,44-42-,49-47-,50-48-,55-53-. The monoisotopic (exact) mass is 1180 g/mol. The van der Waals surface area contributed by atoms with E-state index in [2.05, 4.69) is 208 Å². The number of hydrogen-bond acceptors (Lipinski definition) is 8. The lowest BCUT2D eigenvalue weighted by atomic mass is 10.1. The molecular formula is C74H116NO8P. The highest BCUT2D eigenvalue weighted by molar-refractivity contribution is 7.45. The first kappa shape index (κ1) is 78.8. The number of quaternary nitrogens is 1. The number of carbonyl (C=O) groups excluding carboxylic acids is 2. The van der Waals surface area contributed by atoms with E-state index in [9.17, 15) is 19.0 Å². The Hall–Kier alpha value is -5.15. The van der Waals surface area contributed by atoms with Gasteiger partial charge in [0.2, 0.25) is 0 Å². The van der Waals surface area contributed by atoms with E-state index in [1.54, 1.807) is 0 Å². The second kappa shape index (κ2) is 62.4. The van der Waals surface area contributed by atoms with Crippen molar-refractivity contribution in [3.05, 3.63) is 194 Å². The molecule has 0 saturated carbocycles. The van der Waals surface area contributed by atoms with Gasteiger partial charge >= 0.3 is 11.9 Å². The lowest BCUT2D eigenvalue weighted by Gasteiger charge is -2.28. The van der Waals surface area contributed by atoms with Gasteiger partial charge in [-0.1, -0.05) is 247 Å². The Morgan fingerprint density at radius 3 is 0.952 bits per heavy atom. The average molecular weight is 1180 g/mol. The summed E-state index contributed by atoms with van der Waals surface area (Å²) in [7, 11) is 1.11. The maximum absolute atomic E-state index is 12.8. The Labute approximate surface area is 513 Å². The number of likely N-dealkylation sites (N-methyl/N-ethyl adjacent to an activating group) is 1. The summed E-state index contributed by atoms with van der Waals surface area (Å²) in [5.41, 5.74) is 0. The Morgan fingerprint density at radius 1 is 0.369 bits per heavy atom. The lowest BCUT2D eigenvalue weighted by Crippen LogP contribution is -2.37. The van der Waals surface area contributed by atoms with Crippen LogP contribution < -0.4 is 4.89 Å². The van der Waals surface area contributed by atoms with Gasteiger partial charge in [-0.2, -0.15) is 0 Å². The Bertz CT molecular complexity index is 2120. The molecule has 2 atom stereocenters. The second-order valence-corrected chi connectivity index (χ2v) is 23.1. The summed E-state index contributed by atoms with van der Waals surface area (Å²) in [6, 6.07) is 0. The van der Waals surface area contributed by atoms with Gasteiger partial charge in [-0.05, 0) is 141 Å². The number of hydrogen-bond donors (Lipinski definition) is 0. The van der Waals surface area contributed by atoms with E-state index in [4.69, 9.17) is 18.5 Å². The minimum atomic E-state index is -4.67. The van der Waals surface area contributed by atoms with Crippen molar-refractivity contribution in [2.45, 2.75) is 213 Å². The molecule has 0 spiro atoms. The van der Waals surface area contributed by atoms with Gasteiger partial charge in [0.15, 0.2) is 6.10 Å². The molecule has 9 nitrogen and oxygen atoms in total.